The molecule has 1 aromatic heterocycles. The van der Waals surface area contributed by atoms with Crippen LogP contribution in [-0.2, 0) is 6.54 Å². The summed E-state index contributed by atoms with van der Waals surface area (Å²) in [6.45, 7) is 3.36. The first-order valence-corrected chi connectivity index (χ1v) is 6.55. The first-order valence-electron chi connectivity index (χ1n) is 5.67. The van der Waals surface area contributed by atoms with Crippen LogP contribution in [0.5, 0.6) is 0 Å². The number of thiazole rings is 1. The van der Waals surface area contributed by atoms with Gasteiger partial charge in [-0.15, -0.1) is 11.3 Å². The normalized spacial score (nSPS) is 23.1. The number of nitrogens with one attached hydrogen (secondary N) is 1. The van der Waals surface area contributed by atoms with Gasteiger partial charge in [-0.25, -0.2) is 4.98 Å². The van der Waals surface area contributed by atoms with E-state index in [0.29, 0.717) is 6.04 Å². The maximum Gasteiger partial charge on any atom is 0.107 e. The summed E-state index contributed by atoms with van der Waals surface area (Å²) in [6.07, 6.45) is 5.94. The number of likely N-dealkylation sites (tertiary alicyclic amines) is 1. The van der Waals surface area contributed by atoms with Crippen molar-refractivity contribution in [3.05, 3.63) is 16.6 Å². The molecule has 0 aliphatic carbocycles. The number of aromatic nitrogens is 1. The van der Waals surface area contributed by atoms with Crippen LogP contribution in [0.1, 0.15) is 24.3 Å². The fourth-order valence-corrected chi connectivity index (χ4v) is 2.88. The second-order valence-corrected chi connectivity index (χ2v) is 5.08. The lowest BCUT2D eigenvalue weighted by Crippen LogP contribution is -2.44. The average Bonchev–Trinajstić information content (AvgIpc) is 2.74. The Morgan fingerprint density at radius 3 is 3.27 bits per heavy atom. The van der Waals surface area contributed by atoms with E-state index in [4.69, 9.17) is 0 Å². The first-order chi connectivity index (χ1) is 7.40. The third-order valence-electron chi connectivity index (χ3n) is 3.01. The molecule has 1 aromatic rings. The predicted molar refractivity (Wildman–Crippen MR) is 64.1 cm³/mol. The summed E-state index contributed by atoms with van der Waals surface area (Å²) in [5.41, 5.74) is 0. The van der Waals surface area contributed by atoms with Gasteiger partial charge in [0, 0.05) is 24.2 Å². The van der Waals surface area contributed by atoms with E-state index in [1.807, 2.05) is 13.2 Å². The van der Waals surface area contributed by atoms with E-state index < -0.39 is 0 Å². The van der Waals surface area contributed by atoms with Crippen molar-refractivity contribution in [2.24, 2.45) is 0 Å². The molecule has 1 aliphatic rings. The number of hydrogen-bond donors (Lipinski definition) is 1. The minimum absolute atomic E-state index is 0.702. The van der Waals surface area contributed by atoms with E-state index in [0.717, 1.165) is 13.1 Å². The molecule has 1 N–H and O–H groups in total. The van der Waals surface area contributed by atoms with Gasteiger partial charge in [0.2, 0.25) is 0 Å². The van der Waals surface area contributed by atoms with Gasteiger partial charge >= 0.3 is 0 Å². The molecule has 1 fully saturated rings. The molecule has 4 heteroatoms. The lowest BCUT2D eigenvalue weighted by Gasteiger charge is -2.35. The highest BCUT2D eigenvalue weighted by molar-refractivity contribution is 7.09. The third kappa shape index (κ3) is 3.00. The molecule has 0 spiro atoms. The van der Waals surface area contributed by atoms with Crippen LogP contribution in [0.25, 0.3) is 0 Å². The maximum absolute atomic E-state index is 4.36. The highest BCUT2D eigenvalue weighted by Gasteiger charge is 2.22. The molecule has 2 heterocycles. The van der Waals surface area contributed by atoms with Gasteiger partial charge in [0.05, 0.1) is 6.54 Å². The fraction of sp³-hybridized carbons (Fsp3) is 0.727. The molecule has 0 saturated carbocycles. The zero-order valence-corrected chi connectivity index (χ0v) is 10.1. The molecular weight excluding hydrogens is 206 g/mol. The van der Waals surface area contributed by atoms with Crippen molar-refractivity contribution in [3.63, 3.8) is 0 Å². The Morgan fingerprint density at radius 2 is 2.53 bits per heavy atom. The van der Waals surface area contributed by atoms with Gasteiger partial charge in [0.1, 0.15) is 5.01 Å². The third-order valence-corrected chi connectivity index (χ3v) is 3.78. The van der Waals surface area contributed by atoms with Crippen molar-refractivity contribution in [1.82, 2.24) is 15.2 Å². The van der Waals surface area contributed by atoms with Crippen LogP contribution in [0.4, 0.5) is 0 Å². The summed E-state index contributed by atoms with van der Waals surface area (Å²) in [6, 6.07) is 0.702. The molecule has 3 nitrogen and oxygen atoms in total. The Labute approximate surface area is 95.5 Å². The molecule has 1 unspecified atom stereocenters. The maximum atomic E-state index is 4.36. The first kappa shape index (κ1) is 11.0. The van der Waals surface area contributed by atoms with Gasteiger partial charge < -0.3 is 5.32 Å². The van der Waals surface area contributed by atoms with Gasteiger partial charge in [0.15, 0.2) is 0 Å². The minimum atomic E-state index is 0.702. The average molecular weight is 225 g/mol. The Morgan fingerprint density at radius 1 is 1.60 bits per heavy atom. The van der Waals surface area contributed by atoms with Gasteiger partial charge in [-0.1, -0.05) is 6.42 Å². The molecule has 84 valence electrons. The molecule has 0 aromatic carbocycles. The van der Waals surface area contributed by atoms with Gasteiger partial charge in [0.25, 0.3) is 0 Å². The van der Waals surface area contributed by atoms with E-state index in [1.165, 1.54) is 30.8 Å². The standard InChI is InChI=1S/C11H19N3S/c1-12-8-10-4-2-3-6-14(10)9-11-13-5-7-15-11/h5,7,10,12H,2-4,6,8-9H2,1H3. The van der Waals surface area contributed by atoms with Gasteiger partial charge in [-0.05, 0) is 26.4 Å². The topological polar surface area (TPSA) is 28.2 Å². The molecule has 15 heavy (non-hydrogen) atoms. The molecule has 0 radical (unpaired) electrons. The van der Waals surface area contributed by atoms with E-state index in [-0.39, 0.29) is 0 Å². The van der Waals surface area contributed by atoms with Crippen LogP contribution in [0.3, 0.4) is 0 Å². The minimum Gasteiger partial charge on any atom is -0.318 e. The largest absolute Gasteiger partial charge is 0.318 e. The molecule has 0 amide bonds. The van der Waals surface area contributed by atoms with E-state index in [2.05, 4.69) is 20.6 Å². The van der Waals surface area contributed by atoms with Crippen molar-refractivity contribution in [1.29, 1.82) is 0 Å². The summed E-state index contributed by atoms with van der Waals surface area (Å²) >= 11 is 1.76. The van der Waals surface area contributed by atoms with E-state index in [1.54, 1.807) is 11.3 Å². The number of likely N-dealkylation sites (N-methyl/N-ethyl adjacent to an activating group) is 1. The lowest BCUT2D eigenvalue weighted by atomic mass is 10.0. The van der Waals surface area contributed by atoms with Crippen LogP contribution in [0.15, 0.2) is 11.6 Å². The van der Waals surface area contributed by atoms with Crippen molar-refractivity contribution >= 4 is 11.3 Å². The fourth-order valence-electron chi connectivity index (χ4n) is 2.24. The number of hydrogen-bond acceptors (Lipinski definition) is 4. The highest BCUT2D eigenvalue weighted by atomic mass is 32.1. The SMILES string of the molecule is CNCC1CCCCN1Cc1nccs1. The quantitative estimate of drug-likeness (QED) is 0.845. The van der Waals surface area contributed by atoms with Gasteiger partial charge in [-0.2, -0.15) is 0 Å². The summed E-state index contributed by atoms with van der Waals surface area (Å²) in [5, 5.41) is 6.60. The Hall–Kier alpha value is -0.450. The summed E-state index contributed by atoms with van der Waals surface area (Å²) in [5.74, 6) is 0. The highest BCUT2D eigenvalue weighted by Crippen LogP contribution is 2.19. The van der Waals surface area contributed by atoms with E-state index >= 15 is 0 Å². The van der Waals surface area contributed by atoms with Crippen molar-refractivity contribution < 1.29 is 0 Å². The van der Waals surface area contributed by atoms with Crippen molar-refractivity contribution in [2.45, 2.75) is 31.8 Å². The molecule has 1 aliphatic heterocycles. The zero-order valence-electron chi connectivity index (χ0n) is 9.28. The van der Waals surface area contributed by atoms with Crippen LogP contribution >= 0.6 is 11.3 Å². The molecule has 2 rings (SSSR count). The van der Waals surface area contributed by atoms with Crippen LogP contribution in [-0.4, -0.2) is 36.1 Å². The van der Waals surface area contributed by atoms with Crippen LogP contribution in [0, 0.1) is 0 Å². The summed E-state index contributed by atoms with van der Waals surface area (Å²) in [7, 11) is 2.04. The number of nitrogens with zero attached hydrogens (tertiary/aromatic N) is 2. The molecule has 1 saturated heterocycles. The molecule has 1 atom stereocenters. The van der Waals surface area contributed by atoms with Crippen LogP contribution < -0.4 is 5.32 Å². The van der Waals surface area contributed by atoms with Crippen molar-refractivity contribution in [2.75, 3.05) is 20.1 Å². The Bertz CT molecular complexity index is 271. The second-order valence-electron chi connectivity index (χ2n) is 4.10. The smallest absolute Gasteiger partial charge is 0.107 e. The van der Waals surface area contributed by atoms with E-state index in [9.17, 15) is 0 Å². The second kappa shape index (κ2) is 5.58. The van der Waals surface area contributed by atoms with Crippen molar-refractivity contribution in [3.8, 4) is 0 Å². The zero-order chi connectivity index (χ0) is 10.5. The monoisotopic (exact) mass is 225 g/mol. The predicted octanol–water partition coefficient (Wildman–Crippen LogP) is 1.72. The Balaban J connectivity index is 1.92. The summed E-state index contributed by atoms with van der Waals surface area (Å²) in [4.78, 5) is 6.93. The van der Waals surface area contributed by atoms with Crippen LogP contribution in [0.2, 0.25) is 0 Å². The number of piperidine rings is 1. The molecular formula is C11H19N3S. The summed E-state index contributed by atoms with van der Waals surface area (Å²) < 4.78 is 0. The number of rotatable bonds is 4. The molecule has 0 bridgehead atoms. The lowest BCUT2D eigenvalue weighted by molar-refractivity contribution is 0.139. The van der Waals surface area contributed by atoms with Gasteiger partial charge in [-0.3, -0.25) is 4.90 Å². The Kier molecular flexibility index (Phi) is 4.11.